The average Bonchev–Trinajstić information content (AvgIpc) is 2.65. The molecule has 1 aliphatic carbocycles. The van der Waals surface area contributed by atoms with E-state index in [4.69, 9.17) is 4.74 Å². The Morgan fingerprint density at radius 1 is 1.25 bits per heavy atom. The van der Waals surface area contributed by atoms with Crippen molar-refractivity contribution in [1.82, 2.24) is 4.98 Å². The van der Waals surface area contributed by atoms with Crippen molar-refractivity contribution >= 4 is 5.97 Å². The number of halogens is 2. The van der Waals surface area contributed by atoms with Crippen LogP contribution in [0.15, 0.2) is 36.5 Å². The first kappa shape index (κ1) is 16.5. The van der Waals surface area contributed by atoms with Gasteiger partial charge in [-0.05, 0) is 36.6 Å². The molecule has 0 bridgehead atoms. The smallest absolute Gasteiger partial charge is 0.303 e. The van der Waals surface area contributed by atoms with Crippen molar-refractivity contribution in [2.24, 2.45) is 0 Å². The van der Waals surface area contributed by atoms with Gasteiger partial charge >= 0.3 is 5.97 Å². The molecule has 126 valence electrons. The summed E-state index contributed by atoms with van der Waals surface area (Å²) in [5, 5.41) is 10.3. The maximum absolute atomic E-state index is 13.6. The lowest BCUT2D eigenvalue weighted by Crippen LogP contribution is -2.18. The van der Waals surface area contributed by atoms with Crippen LogP contribution in [0.3, 0.4) is 0 Å². The summed E-state index contributed by atoms with van der Waals surface area (Å²) < 4.78 is 32.7. The molecule has 3 atom stereocenters. The van der Waals surface area contributed by atoms with Gasteiger partial charge in [0.2, 0.25) is 0 Å². The van der Waals surface area contributed by atoms with Crippen molar-refractivity contribution in [3.63, 3.8) is 0 Å². The summed E-state index contributed by atoms with van der Waals surface area (Å²) in [6.45, 7) is 1.28. The Hall–Kier alpha value is -2.34. The third-order valence-electron chi connectivity index (χ3n) is 4.22. The Labute approximate surface area is 138 Å². The highest BCUT2D eigenvalue weighted by Gasteiger charge is 2.35. The predicted molar refractivity (Wildman–Crippen MR) is 82.0 cm³/mol. The number of benzene rings is 1. The van der Waals surface area contributed by atoms with E-state index >= 15 is 0 Å². The van der Waals surface area contributed by atoms with Crippen molar-refractivity contribution in [3.05, 3.63) is 65.0 Å². The fraction of sp³-hybridized carbons (Fsp3) is 0.333. The van der Waals surface area contributed by atoms with Crippen LogP contribution in [-0.4, -0.2) is 16.1 Å². The first-order valence-electron chi connectivity index (χ1n) is 7.72. The molecule has 0 unspecified atom stereocenters. The molecule has 1 heterocycles. The van der Waals surface area contributed by atoms with E-state index in [1.54, 1.807) is 18.3 Å². The van der Waals surface area contributed by atoms with Gasteiger partial charge in [-0.25, -0.2) is 8.78 Å². The monoisotopic (exact) mass is 333 g/mol. The summed E-state index contributed by atoms with van der Waals surface area (Å²) in [7, 11) is 0. The first-order chi connectivity index (χ1) is 11.5. The van der Waals surface area contributed by atoms with E-state index in [1.807, 2.05) is 0 Å². The third-order valence-corrected chi connectivity index (χ3v) is 4.22. The molecular formula is C18H17F2NO3. The summed E-state index contributed by atoms with van der Waals surface area (Å²) in [6.07, 6.45) is 0.727. The van der Waals surface area contributed by atoms with Crippen LogP contribution >= 0.6 is 0 Å². The van der Waals surface area contributed by atoms with Gasteiger partial charge in [0, 0.05) is 30.7 Å². The molecule has 1 aliphatic rings. The van der Waals surface area contributed by atoms with Crippen molar-refractivity contribution in [2.45, 2.75) is 37.9 Å². The highest BCUT2D eigenvalue weighted by Crippen LogP contribution is 2.44. The van der Waals surface area contributed by atoms with Crippen LogP contribution in [0.2, 0.25) is 0 Å². The Bertz CT molecular complexity index is 745. The summed E-state index contributed by atoms with van der Waals surface area (Å²) in [6, 6.07) is 6.66. The first-order valence-corrected chi connectivity index (χ1v) is 7.72. The van der Waals surface area contributed by atoms with Gasteiger partial charge in [0.25, 0.3) is 0 Å². The average molecular weight is 333 g/mol. The molecule has 0 spiro atoms. The van der Waals surface area contributed by atoms with Crippen LogP contribution in [0.4, 0.5) is 8.78 Å². The molecule has 2 aromatic rings. The summed E-state index contributed by atoms with van der Waals surface area (Å²) in [5.41, 5.74) is 1.39. The van der Waals surface area contributed by atoms with Gasteiger partial charge in [-0.15, -0.1) is 0 Å². The zero-order chi connectivity index (χ0) is 17.3. The quantitative estimate of drug-likeness (QED) is 0.674. The lowest BCUT2D eigenvalue weighted by atomic mass is 9.87. The molecule has 1 aromatic heterocycles. The van der Waals surface area contributed by atoms with E-state index < -0.39 is 35.7 Å². The minimum Gasteiger partial charge on any atom is -0.457 e. The van der Waals surface area contributed by atoms with Gasteiger partial charge in [0.1, 0.15) is 17.7 Å². The van der Waals surface area contributed by atoms with Crippen molar-refractivity contribution in [2.75, 3.05) is 0 Å². The topological polar surface area (TPSA) is 59.4 Å². The van der Waals surface area contributed by atoms with Gasteiger partial charge < -0.3 is 9.84 Å². The van der Waals surface area contributed by atoms with Gasteiger partial charge in [-0.1, -0.05) is 6.07 Å². The van der Waals surface area contributed by atoms with Gasteiger partial charge in [0.15, 0.2) is 0 Å². The third kappa shape index (κ3) is 3.28. The molecule has 1 N–H and O–H groups in total. The SMILES string of the molecule is CC(=O)O[C@@H]1c2cccnc2[C@H](O)CC[C@H]1c1cc(F)cc(F)c1. The molecule has 0 radical (unpaired) electrons. The molecule has 0 fully saturated rings. The number of fused-ring (bicyclic) bond motifs is 1. The number of pyridine rings is 1. The van der Waals surface area contributed by atoms with Gasteiger partial charge in [-0.3, -0.25) is 9.78 Å². The standard InChI is InChI=1S/C18H17F2NO3/c1-10(22)24-18-14(11-7-12(19)9-13(20)8-11)4-5-16(23)17-15(18)3-2-6-21-17/h2-3,6-9,14,16,18,23H,4-5H2,1H3/t14-,16+,18-/m0/s1. The second kappa shape index (κ2) is 6.65. The Morgan fingerprint density at radius 2 is 1.96 bits per heavy atom. The second-order valence-electron chi connectivity index (χ2n) is 5.91. The summed E-state index contributed by atoms with van der Waals surface area (Å²) in [4.78, 5) is 15.8. The highest BCUT2D eigenvalue weighted by molar-refractivity contribution is 5.66. The maximum Gasteiger partial charge on any atom is 0.303 e. The van der Waals surface area contributed by atoms with E-state index in [2.05, 4.69) is 4.98 Å². The Balaban J connectivity index is 2.12. The Morgan fingerprint density at radius 3 is 2.62 bits per heavy atom. The van der Waals surface area contributed by atoms with Crippen LogP contribution in [0.5, 0.6) is 0 Å². The maximum atomic E-state index is 13.6. The number of aliphatic hydroxyl groups is 1. The number of hydrogen-bond acceptors (Lipinski definition) is 4. The summed E-state index contributed by atoms with van der Waals surface area (Å²) in [5.74, 6) is -2.36. The molecule has 4 nitrogen and oxygen atoms in total. The summed E-state index contributed by atoms with van der Waals surface area (Å²) >= 11 is 0. The number of hydrogen-bond donors (Lipinski definition) is 1. The van der Waals surface area contributed by atoms with Crippen LogP contribution in [0.1, 0.15) is 54.7 Å². The molecule has 3 rings (SSSR count). The fourth-order valence-corrected chi connectivity index (χ4v) is 3.25. The van der Waals surface area contributed by atoms with Crippen molar-refractivity contribution < 1.29 is 23.4 Å². The van der Waals surface area contributed by atoms with Gasteiger partial charge in [-0.2, -0.15) is 0 Å². The van der Waals surface area contributed by atoms with E-state index in [-0.39, 0.29) is 0 Å². The number of aliphatic hydroxyl groups excluding tert-OH is 1. The zero-order valence-electron chi connectivity index (χ0n) is 13.1. The molecule has 0 aliphatic heterocycles. The van der Waals surface area contributed by atoms with E-state index in [0.29, 0.717) is 29.7 Å². The lowest BCUT2D eigenvalue weighted by molar-refractivity contribution is -0.148. The lowest BCUT2D eigenvalue weighted by Gasteiger charge is -2.26. The molecule has 0 saturated carbocycles. The number of carbonyl (C=O) groups excluding carboxylic acids is 1. The molecule has 0 amide bonds. The fourth-order valence-electron chi connectivity index (χ4n) is 3.25. The van der Waals surface area contributed by atoms with Crippen molar-refractivity contribution in [3.8, 4) is 0 Å². The predicted octanol–water partition coefficient (Wildman–Crippen LogP) is 3.58. The van der Waals surface area contributed by atoms with E-state index in [0.717, 1.165) is 6.07 Å². The number of esters is 1. The normalized spacial score (nSPS) is 23.2. The molecule has 1 aromatic carbocycles. The minimum absolute atomic E-state index is 0.352. The van der Waals surface area contributed by atoms with E-state index in [1.165, 1.54) is 19.1 Å². The molecule has 24 heavy (non-hydrogen) atoms. The van der Waals surface area contributed by atoms with Crippen LogP contribution in [-0.2, 0) is 9.53 Å². The Kier molecular flexibility index (Phi) is 4.57. The van der Waals surface area contributed by atoms with Crippen LogP contribution in [0.25, 0.3) is 0 Å². The highest BCUT2D eigenvalue weighted by atomic mass is 19.1. The van der Waals surface area contributed by atoms with E-state index in [9.17, 15) is 18.7 Å². The number of carbonyl (C=O) groups is 1. The number of aromatic nitrogens is 1. The second-order valence-corrected chi connectivity index (χ2v) is 5.91. The van der Waals surface area contributed by atoms with Crippen LogP contribution < -0.4 is 0 Å². The number of nitrogens with zero attached hydrogens (tertiary/aromatic N) is 1. The van der Waals surface area contributed by atoms with Crippen LogP contribution in [0, 0.1) is 11.6 Å². The van der Waals surface area contributed by atoms with Gasteiger partial charge in [0.05, 0.1) is 11.8 Å². The van der Waals surface area contributed by atoms with Crippen molar-refractivity contribution in [1.29, 1.82) is 0 Å². The molecule has 6 heteroatoms. The number of ether oxygens (including phenoxy) is 1. The minimum atomic E-state index is -0.817. The molecule has 0 saturated heterocycles. The largest absolute Gasteiger partial charge is 0.457 e. The molecular weight excluding hydrogens is 316 g/mol. The number of rotatable bonds is 2. The zero-order valence-corrected chi connectivity index (χ0v) is 13.1.